The first kappa shape index (κ1) is 15.4. The average Bonchev–Trinajstić information content (AvgIpc) is 3.04. The van der Waals surface area contributed by atoms with Crippen molar-refractivity contribution in [1.29, 1.82) is 0 Å². The van der Waals surface area contributed by atoms with Gasteiger partial charge in [-0.2, -0.15) is 0 Å². The van der Waals surface area contributed by atoms with Gasteiger partial charge in [-0.15, -0.1) is 11.3 Å². The number of rotatable bonds is 6. The molecule has 0 aliphatic heterocycles. The van der Waals surface area contributed by atoms with E-state index in [2.05, 4.69) is 6.07 Å². The zero-order chi connectivity index (χ0) is 15.2. The predicted octanol–water partition coefficient (Wildman–Crippen LogP) is 3.08. The number of carbonyl (C=O) groups excluding carboxylic acids is 1. The lowest BCUT2D eigenvalue weighted by molar-refractivity contribution is 0.0790. The van der Waals surface area contributed by atoms with E-state index in [1.807, 2.05) is 11.4 Å². The van der Waals surface area contributed by atoms with Crippen molar-refractivity contribution in [3.63, 3.8) is 0 Å². The summed E-state index contributed by atoms with van der Waals surface area (Å²) in [6.07, 6.45) is 0.845. The minimum Gasteiger partial charge on any atom is -0.496 e. The van der Waals surface area contributed by atoms with E-state index in [1.54, 1.807) is 55.7 Å². The molecule has 0 atom stereocenters. The van der Waals surface area contributed by atoms with Crippen LogP contribution in [0.2, 0.25) is 0 Å². The summed E-state index contributed by atoms with van der Waals surface area (Å²) in [7, 11) is 4.90. The van der Waals surface area contributed by atoms with Crippen LogP contribution in [0, 0.1) is 0 Å². The van der Waals surface area contributed by atoms with E-state index >= 15 is 0 Å². The molecule has 21 heavy (non-hydrogen) atoms. The molecule has 0 aliphatic rings. The number of benzene rings is 1. The Morgan fingerprint density at radius 2 is 1.81 bits per heavy atom. The molecule has 0 radical (unpaired) electrons. The largest absolute Gasteiger partial charge is 0.496 e. The van der Waals surface area contributed by atoms with Crippen molar-refractivity contribution in [2.45, 2.75) is 6.42 Å². The Kier molecular flexibility index (Phi) is 5.22. The number of thiophene rings is 1. The highest BCUT2D eigenvalue weighted by molar-refractivity contribution is 7.09. The first-order valence-corrected chi connectivity index (χ1v) is 7.54. The van der Waals surface area contributed by atoms with Gasteiger partial charge in [0.25, 0.3) is 5.91 Å². The van der Waals surface area contributed by atoms with E-state index < -0.39 is 0 Å². The monoisotopic (exact) mass is 305 g/mol. The number of likely N-dealkylation sites (N-methyl/N-ethyl adjacent to an activating group) is 1. The molecule has 0 aliphatic carbocycles. The molecular formula is C16H19NO3S. The van der Waals surface area contributed by atoms with Crippen molar-refractivity contribution in [2.24, 2.45) is 0 Å². The van der Waals surface area contributed by atoms with E-state index in [-0.39, 0.29) is 5.91 Å². The van der Waals surface area contributed by atoms with Gasteiger partial charge in [-0.25, -0.2) is 0 Å². The minimum atomic E-state index is -0.0964. The first-order chi connectivity index (χ1) is 10.2. The molecule has 0 N–H and O–H groups in total. The van der Waals surface area contributed by atoms with Gasteiger partial charge in [0.1, 0.15) is 17.1 Å². The number of nitrogens with zero attached hydrogens (tertiary/aromatic N) is 1. The molecule has 1 amide bonds. The Balaban J connectivity index is 2.15. The summed E-state index contributed by atoms with van der Waals surface area (Å²) in [4.78, 5) is 15.6. The van der Waals surface area contributed by atoms with Crippen LogP contribution in [0.25, 0.3) is 0 Å². The Hall–Kier alpha value is -2.01. The van der Waals surface area contributed by atoms with Crippen molar-refractivity contribution in [3.8, 4) is 11.5 Å². The van der Waals surface area contributed by atoms with Gasteiger partial charge >= 0.3 is 0 Å². The van der Waals surface area contributed by atoms with E-state index in [4.69, 9.17) is 9.47 Å². The van der Waals surface area contributed by atoms with E-state index in [0.29, 0.717) is 23.6 Å². The van der Waals surface area contributed by atoms with Crippen molar-refractivity contribution in [2.75, 3.05) is 27.8 Å². The molecular weight excluding hydrogens is 286 g/mol. The van der Waals surface area contributed by atoms with Gasteiger partial charge in [0.2, 0.25) is 0 Å². The minimum absolute atomic E-state index is 0.0964. The molecule has 1 aromatic carbocycles. The zero-order valence-electron chi connectivity index (χ0n) is 12.5. The van der Waals surface area contributed by atoms with Crippen LogP contribution < -0.4 is 9.47 Å². The first-order valence-electron chi connectivity index (χ1n) is 6.66. The van der Waals surface area contributed by atoms with Gasteiger partial charge in [-0.05, 0) is 30.0 Å². The number of ether oxygens (including phenoxy) is 2. The van der Waals surface area contributed by atoms with E-state index in [1.165, 1.54) is 4.88 Å². The summed E-state index contributed by atoms with van der Waals surface area (Å²) in [5.74, 6) is 0.963. The highest BCUT2D eigenvalue weighted by Gasteiger charge is 2.21. The number of hydrogen-bond acceptors (Lipinski definition) is 4. The second-order valence-electron chi connectivity index (χ2n) is 4.59. The SMILES string of the molecule is COc1cccc(OC)c1C(=O)N(C)CCc1cccs1. The molecule has 0 saturated carbocycles. The molecule has 0 bridgehead atoms. The summed E-state index contributed by atoms with van der Waals surface area (Å²) < 4.78 is 10.6. The maximum atomic E-state index is 12.6. The van der Waals surface area contributed by atoms with Gasteiger partial charge in [0.15, 0.2) is 0 Å². The van der Waals surface area contributed by atoms with E-state index in [9.17, 15) is 4.79 Å². The molecule has 1 heterocycles. The van der Waals surface area contributed by atoms with Crippen molar-refractivity contribution in [1.82, 2.24) is 4.90 Å². The van der Waals surface area contributed by atoms with Gasteiger partial charge in [0, 0.05) is 18.5 Å². The summed E-state index contributed by atoms with van der Waals surface area (Å²) >= 11 is 1.70. The molecule has 2 aromatic rings. The predicted molar refractivity (Wildman–Crippen MR) is 84.5 cm³/mol. The summed E-state index contributed by atoms with van der Waals surface area (Å²) in [6.45, 7) is 0.653. The highest BCUT2D eigenvalue weighted by atomic mass is 32.1. The molecule has 5 heteroatoms. The molecule has 112 valence electrons. The molecule has 0 spiro atoms. The van der Waals surface area contributed by atoms with Crippen LogP contribution in [-0.2, 0) is 6.42 Å². The summed E-state index contributed by atoms with van der Waals surface area (Å²) in [5.41, 5.74) is 0.469. The third-order valence-corrected chi connectivity index (χ3v) is 4.20. The van der Waals surface area contributed by atoms with Crippen molar-refractivity contribution < 1.29 is 14.3 Å². The van der Waals surface area contributed by atoms with E-state index in [0.717, 1.165) is 6.42 Å². The van der Waals surface area contributed by atoms with Crippen LogP contribution in [0.4, 0.5) is 0 Å². The molecule has 2 rings (SSSR count). The van der Waals surface area contributed by atoms with Gasteiger partial charge < -0.3 is 14.4 Å². The van der Waals surface area contributed by atoms with Crippen LogP contribution in [0.5, 0.6) is 11.5 Å². The quantitative estimate of drug-likeness (QED) is 0.823. The normalized spacial score (nSPS) is 10.2. The lowest BCUT2D eigenvalue weighted by Gasteiger charge is -2.20. The van der Waals surface area contributed by atoms with Crippen LogP contribution in [-0.4, -0.2) is 38.6 Å². The Labute approximate surface area is 128 Å². The molecule has 0 fully saturated rings. The number of methoxy groups -OCH3 is 2. The topological polar surface area (TPSA) is 38.8 Å². The summed E-state index contributed by atoms with van der Waals surface area (Å²) in [6, 6.07) is 9.43. The van der Waals surface area contributed by atoms with Crippen LogP contribution >= 0.6 is 11.3 Å². The Morgan fingerprint density at radius 1 is 1.14 bits per heavy atom. The highest BCUT2D eigenvalue weighted by Crippen LogP contribution is 2.29. The van der Waals surface area contributed by atoms with Crippen LogP contribution in [0.1, 0.15) is 15.2 Å². The summed E-state index contributed by atoms with van der Waals surface area (Å²) in [5, 5.41) is 2.04. The third kappa shape index (κ3) is 3.55. The fourth-order valence-corrected chi connectivity index (χ4v) is 2.79. The Bertz CT molecular complexity index is 573. The van der Waals surface area contributed by atoms with Crippen LogP contribution in [0.3, 0.4) is 0 Å². The fraction of sp³-hybridized carbons (Fsp3) is 0.312. The van der Waals surface area contributed by atoms with Crippen LogP contribution in [0.15, 0.2) is 35.7 Å². The number of amides is 1. The third-order valence-electron chi connectivity index (χ3n) is 3.26. The lowest BCUT2D eigenvalue weighted by atomic mass is 10.1. The Morgan fingerprint density at radius 3 is 2.33 bits per heavy atom. The molecule has 0 unspecified atom stereocenters. The second-order valence-corrected chi connectivity index (χ2v) is 5.63. The fourth-order valence-electron chi connectivity index (χ4n) is 2.09. The van der Waals surface area contributed by atoms with Gasteiger partial charge in [0.05, 0.1) is 14.2 Å². The second kappa shape index (κ2) is 7.13. The lowest BCUT2D eigenvalue weighted by Crippen LogP contribution is -2.29. The standard InChI is InChI=1S/C16H19NO3S/c1-17(10-9-12-6-5-11-21-12)16(18)15-13(19-2)7-4-8-14(15)20-3/h4-8,11H,9-10H2,1-3H3. The maximum Gasteiger partial charge on any atom is 0.261 e. The molecule has 0 saturated heterocycles. The average molecular weight is 305 g/mol. The van der Waals surface area contributed by atoms with Crippen molar-refractivity contribution in [3.05, 3.63) is 46.2 Å². The van der Waals surface area contributed by atoms with Crippen molar-refractivity contribution >= 4 is 17.2 Å². The zero-order valence-corrected chi connectivity index (χ0v) is 13.3. The molecule has 1 aromatic heterocycles. The van der Waals surface area contributed by atoms with Gasteiger partial charge in [-0.3, -0.25) is 4.79 Å². The number of carbonyl (C=O) groups is 1. The number of hydrogen-bond donors (Lipinski definition) is 0. The van der Waals surface area contributed by atoms with Gasteiger partial charge in [-0.1, -0.05) is 12.1 Å². The molecule has 4 nitrogen and oxygen atoms in total. The smallest absolute Gasteiger partial charge is 0.261 e. The maximum absolute atomic E-state index is 12.6.